The Hall–Kier alpha value is -1.32. The molecule has 0 atom stereocenters. The third-order valence-corrected chi connectivity index (χ3v) is 1.73. The van der Waals surface area contributed by atoms with Crippen LogP contribution in [0.15, 0.2) is 12.4 Å². The Morgan fingerprint density at radius 2 is 2.46 bits per heavy atom. The molecule has 0 saturated heterocycles. The number of aryl methyl sites for hydroxylation is 1. The maximum atomic E-state index is 11.1. The highest BCUT2D eigenvalue weighted by atomic mass is 16.1. The highest BCUT2D eigenvalue weighted by Crippen LogP contribution is 1.95. The Morgan fingerprint density at radius 3 is 3.00 bits per heavy atom. The van der Waals surface area contributed by atoms with Crippen molar-refractivity contribution in [1.29, 1.82) is 0 Å². The van der Waals surface area contributed by atoms with Gasteiger partial charge in [0, 0.05) is 31.8 Å². The van der Waals surface area contributed by atoms with Crippen molar-refractivity contribution in [3.05, 3.63) is 18.0 Å². The maximum absolute atomic E-state index is 11.1. The molecule has 0 spiro atoms. The summed E-state index contributed by atoms with van der Waals surface area (Å²) in [5.74, 6) is 0.103. The Kier molecular flexibility index (Phi) is 3.49. The molecule has 1 aromatic rings. The Bertz CT molecular complexity index is 280. The van der Waals surface area contributed by atoms with Crippen LogP contribution in [0.4, 0.5) is 0 Å². The van der Waals surface area contributed by atoms with Crippen LogP contribution in [0.1, 0.15) is 25.3 Å². The molecule has 0 unspecified atom stereocenters. The van der Waals surface area contributed by atoms with E-state index in [0.717, 1.165) is 12.0 Å². The minimum Gasteiger partial charge on any atom is -0.352 e. The molecule has 4 heteroatoms. The molecule has 0 bridgehead atoms. The number of aromatic nitrogens is 2. The van der Waals surface area contributed by atoms with Gasteiger partial charge in [-0.2, -0.15) is 5.10 Å². The van der Waals surface area contributed by atoms with Crippen LogP contribution in [-0.2, 0) is 18.4 Å². The molecule has 72 valence electrons. The molecule has 4 nitrogen and oxygen atoms in total. The predicted molar refractivity (Wildman–Crippen MR) is 50.0 cm³/mol. The first-order chi connectivity index (χ1) is 6.22. The highest BCUT2D eigenvalue weighted by Gasteiger charge is 2.00. The second-order valence-electron chi connectivity index (χ2n) is 3.05. The van der Waals surface area contributed by atoms with Crippen LogP contribution >= 0.6 is 0 Å². The normalized spacial score (nSPS) is 10.0. The fourth-order valence-corrected chi connectivity index (χ4v) is 1.08. The van der Waals surface area contributed by atoms with E-state index in [1.807, 2.05) is 20.2 Å². The lowest BCUT2D eigenvalue weighted by Crippen LogP contribution is -2.21. The zero-order valence-corrected chi connectivity index (χ0v) is 8.08. The van der Waals surface area contributed by atoms with Crippen LogP contribution in [0.5, 0.6) is 0 Å². The molecule has 13 heavy (non-hydrogen) atoms. The topological polar surface area (TPSA) is 46.9 Å². The van der Waals surface area contributed by atoms with Crippen LogP contribution in [-0.4, -0.2) is 15.7 Å². The predicted octanol–water partition coefficient (Wildman–Crippen LogP) is 0.836. The molecule has 1 aromatic heterocycles. The van der Waals surface area contributed by atoms with Crippen LogP contribution in [0.25, 0.3) is 0 Å². The van der Waals surface area contributed by atoms with Gasteiger partial charge in [0.1, 0.15) is 0 Å². The van der Waals surface area contributed by atoms with E-state index in [1.165, 1.54) is 0 Å². The number of carbonyl (C=O) groups excluding carboxylic acids is 1. The second-order valence-corrected chi connectivity index (χ2v) is 3.05. The molecule has 0 radical (unpaired) electrons. The van der Waals surface area contributed by atoms with Crippen molar-refractivity contribution in [2.24, 2.45) is 7.05 Å². The van der Waals surface area contributed by atoms with E-state index in [4.69, 9.17) is 0 Å². The molecule has 0 aliphatic heterocycles. The minimum atomic E-state index is 0.103. The standard InChI is InChI=1S/C9H15N3O/c1-3-4-9(13)10-5-8-6-11-12(2)7-8/h6-7H,3-5H2,1-2H3,(H,10,13). The van der Waals surface area contributed by atoms with Gasteiger partial charge >= 0.3 is 0 Å². The van der Waals surface area contributed by atoms with E-state index in [0.29, 0.717) is 13.0 Å². The molecular formula is C9H15N3O. The number of nitrogens with zero attached hydrogens (tertiary/aromatic N) is 2. The SMILES string of the molecule is CCCC(=O)NCc1cnn(C)c1. The van der Waals surface area contributed by atoms with Gasteiger partial charge in [0.25, 0.3) is 0 Å². The zero-order valence-electron chi connectivity index (χ0n) is 8.08. The smallest absolute Gasteiger partial charge is 0.220 e. The van der Waals surface area contributed by atoms with Gasteiger partial charge in [-0.25, -0.2) is 0 Å². The summed E-state index contributed by atoms with van der Waals surface area (Å²) >= 11 is 0. The number of amides is 1. The summed E-state index contributed by atoms with van der Waals surface area (Å²) < 4.78 is 1.72. The Labute approximate surface area is 77.9 Å². The van der Waals surface area contributed by atoms with E-state index in [1.54, 1.807) is 10.9 Å². The van der Waals surface area contributed by atoms with Gasteiger partial charge < -0.3 is 5.32 Å². The van der Waals surface area contributed by atoms with Gasteiger partial charge in [-0.1, -0.05) is 6.92 Å². The number of carbonyl (C=O) groups is 1. The molecule has 1 amide bonds. The maximum Gasteiger partial charge on any atom is 0.220 e. The van der Waals surface area contributed by atoms with E-state index in [9.17, 15) is 4.79 Å². The highest BCUT2D eigenvalue weighted by molar-refractivity contribution is 5.75. The van der Waals surface area contributed by atoms with Gasteiger partial charge in [0.05, 0.1) is 6.20 Å². The summed E-state index contributed by atoms with van der Waals surface area (Å²) in [7, 11) is 1.86. The molecule has 0 saturated carbocycles. The summed E-state index contributed by atoms with van der Waals surface area (Å²) in [6.45, 7) is 2.57. The van der Waals surface area contributed by atoms with Gasteiger partial charge in [0.2, 0.25) is 5.91 Å². The lowest BCUT2D eigenvalue weighted by atomic mass is 10.3. The minimum absolute atomic E-state index is 0.103. The van der Waals surface area contributed by atoms with Crippen molar-refractivity contribution in [2.75, 3.05) is 0 Å². The van der Waals surface area contributed by atoms with Crippen molar-refractivity contribution >= 4 is 5.91 Å². The van der Waals surface area contributed by atoms with Crippen molar-refractivity contribution in [2.45, 2.75) is 26.3 Å². The number of hydrogen-bond acceptors (Lipinski definition) is 2. The molecule has 0 aliphatic rings. The molecule has 1 rings (SSSR count). The number of nitrogens with one attached hydrogen (secondary N) is 1. The summed E-state index contributed by atoms with van der Waals surface area (Å²) in [5, 5.41) is 6.83. The first kappa shape index (κ1) is 9.77. The quantitative estimate of drug-likeness (QED) is 0.748. The first-order valence-electron chi connectivity index (χ1n) is 4.46. The third kappa shape index (κ3) is 3.27. The van der Waals surface area contributed by atoms with Crippen LogP contribution in [0.2, 0.25) is 0 Å². The van der Waals surface area contributed by atoms with Gasteiger partial charge in [0.15, 0.2) is 0 Å². The van der Waals surface area contributed by atoms with Crippen molar-refractivity contribution < 1.29 is 4.79 Å². The monoisotopic (exact) mass is 181 g/mol. The van der Waals surface area contributed by atoms with E-state index < -0.39 is 0 Å². The van der Waals surface area contributed by atoms with E-state index in [2.05, 4.69) is 10.4 Å². The van der Waals surface area contributed by atoms with E-state index >= 15 is 0 Å². The molecular weight excluding hydrogens is 166 g/mol. The number of hydrogen-bond donors (Lipinski definition) is 1. The lowest BCUT2D eigenvalue weighted by Gasteiger charge is -2.00. The van der Waals surface area contributed by atoms with Crippen LogP contribution in [0, 0.1) is 0 Å². The van der Waals surface area contributed by atoms with E-state index in [-0.39, 0.29) is 5.91 Å². The van der Waals surface area contributed by atoms with Gasteiger partial charge in [-0.05, 0) is 6.42 Å². The van der Waals surface area contributed by atoms with Crippen molar-refractivity contribution in [3.8, 4) is 0 Å². The summed E-state index contributed by atoms with van der Waals surface area (Å²) in [6.07, 6.45) is 5.14. The van der Waals surface area contributed by atoms with Crippen LogP contribution < -0.4 is 5.32 Å². The number of rotatable bonds is 4. The molecule has 1 N–H and O–H groups in total. The average molecular weight is 181 g/mol. The Balaban J connectivity index is 2.30. The summed E-state index contributed by atoms with van der Waals surface area (Å²) in [5.41, 5.74) is 1.03. The van der Waals surface area contributed by atoms with Crippen molar-refractivity contribution in [3.63, 3.8) is 0 Å². The summed E-state index contributed by atoms with van der Waals surface area (Å²) in [4.78, 5) is 11.1. The largest absolute Gasteiger partial charge is 0.352 e. The molecule has 0 aliphatic carbocycles. The molecule has 0 fully saturated rings. The third-order valence-electron chi connectivity index (χ3n) is 1.73. The molecule has 0 aromatic carbocycles. The van der Waals surface area contributed by atoms with Crippen LogP contribution in [0.3, 0.4) is 0 Å². The van der Waals surface area contributed by atoms with Crippen molar-refractivity contribution in [1.82, 2.24) is 15.1 Å². The van der Waals surface area contributed by atoms with Gasteiger partial charge in [-0.3, -0.25) is 9.48 Å². The first-order valence-corrected chi connectivity index (χ1v) is 4.46. The lowest BCUT2D eigenvalue weighted by molar-refractivity contribution is -0.121. The summed E-state index contributed by atoms with van der Waals surface area (Å²) in [6, 6.07) is 0. The fourth-order valence-electron chi connectivity index (χ4n) is 1.08. The van der Waals surface area contributed by atoms with Gasteiger partial charge in [-0.15, -0.1) is 0 Å². The zero-order chi connectivity index (χ0) is 9.68. The average Bonchev–Trinajstić information content (AvgIpc) is 2.49. The second kappa shape index (κ2) is 4.64. The fraction of sp³-hybridized carbons (Fsp3) is 0.556. The Morgan fingerprint density at radius 1 is 1.69 bits per heavy atom. The molecule has 1 heterocycles.